The summed E-state index contributed by atoms with van der Waals surface area (Å²) in [5.41, 5.74) is 0.513. The summed E-state index contributed by atoms with van der Waals surface area (Å²) in [5, 5.41) is 9.52. The third-order valence-corrected chi connectivity index (χ3v) is 3.83. The molecule has 0 aromatic heterocycles. The first-order valence-corrected chi connectivity index (χ1v) is 7.36. The van der Waals surface area contributed by atoms with Gasteiger partial charge in [0.2, 0.25) is 0 Å². The number of rotatable bonds is 7. The molecule has 4 heteroatoms. The highest BCUT2D eigenvalue weighted by Gasteiger charge is 2.46. The summed E-state index contributed by atoms with van der Waals surface area (Å²) in [7, 11) is 0. The van der Waals surface area contributed by atoms with Gasteiger partial charge in [0.1, 0.15) is 0 Å². The van der Waals surface area contributed by atoms with Crippen molar-refractivity contribution >= 4 is 11.9 Å². The normalized spacial score (nSPS) is 13.8. The SMILES string of the molecule is CCOC(=O)C(CC)(Cc1ccc(C(C)C)cc1)C(=O)O. The molecule has 1 N–H and O–H groups in total. The third kappa shape index (κ3) is 3.84. The summed E-state index contributed by atoms with van der Waals surface area (Å²) in [6.45, 7) is 7.76. The summed E-state index contributed by atoms with van der Waals surface area (Å²) in [6, 6.07) is 7.74. The molecule has 0 fully saturated rings. The molecule has 0 heterocycles. The maximum atomic E-state index is 12.1. The fourth-order valence-electron chi connectivity index (χ4n) is 2.29. The zero-order valence-electron chi connectivity index (χ0n) is 13.2. The smallest absolute Gasteiger partial charge is 0.323 e. The molecule has 0 bridgehead atoms. The molecule has 1 aromatic carbocycles. The van der Waals surface area contributed by atoms with Gasteiger partial charge in [0.15, 0.2) is 5.41 Å². The van der Waals surface area contributed by atoms with E-state index in [9.17, 15) is 14.7 Å². The van der Waals surface area contributed by atoms with Crippen molar-refractivity contribution in [2.75, 3.05) is 6.61 Å². The molecule has 0 aliphatic heterocycles. The van der Waals surface area contributed by atoms with E-state index in [1.54, 1.807) is 13.8 Å². The molecule has 0 aliphatic rings. The average molecular weight is 292 g/mol. The molecular formula is C17H24O4. The fourth-order valence-corrected chi connectivity index (χ4v) is 2.29. The first-order valence-electron chi connectivity index (χ1n) is 7.36. The Morgan fingerprint density at radius 2 is 1.76 bits per heavy atom. The van der Waals surface area contributed by atoms with Gasteiger partial charge in [0.05, 0.1) is 6.61 Å². The van der Waals surface area contributed by atoms with E-state index in [1.807, 2.05) is 24.3 Å². The lowest BCUT2D eigenvalue weighted by atomic mass is 9.79. The van der Waals surface area contributed by atoms with E-state index in [2.05, 4.69) is 13.8 Å². The van der Waals surface area contributed by atoms with E-state index >= 15 is 0 Å². The lowest BCUT2D eigenvalue weighted by Crippen LogP contribution is -2.42. The molecule has 0 amide bonds. The van der Waals surface area contributed by atoms with E-state index < -0.39 is 17.4 Å². The van der Waals surface area contributed by atoms with E-state index in [4.69, 9.17) is 4.74 Å². The van der Waals surface area contributed by atoms with Crippen molar-refractivity contribution in [3.63, 3.8) is 0 Å². The Bertz CT molecular complexity index is 490. The van der Waals surface area contributed by atoms with Crippen LogP contribution >= 0.6 is 0 Å². The van der Waals surface area contributed by atoms with Crippen molar-refractivity contribution in [3.8, 4) is 0 Å². The molecule has 1 aromatic rings. The molecule has 1 unspecified atom stereocenters. The molecule has 116 valence electrons. The molecular weight excluding hydrogens is 268 g/mol. The van der Waals surface area contributed by atoms with Gasteiger partial charge >= 0.3 is 11.9 Å². The molecule has 1 rings (SSSR count). The summed E-state index contributed by atoms with van der Waals surface area (Å²) < 4.78 is 4.97. The quantitative estimate of drug-likeness (QED) is 0.618. The van der Waals surface area contributed by atoms with Crippen molar-refractivity contribution < 1.29 is 19.4 Å². The van der Waals surface area contributed by atoms with Crippen LogP contribution in [0.5, 0.6) is 0 Å². The Kier molecular flexibility index (Phi) is 5.94. The van der Waals surface area contributed by atoms with Crippen LogP contribution in [-0.2, 0) is 20.7 Å². The number of aliphatic carboxylic acids is 1. The van der Waals surface area contributed by atoms with Gasteiger partial charge in [-0.1, -0.05) is 45.0 Å². The number of ether oxygens (including phenoxy) is 1. The van der Waals surface area contributed by atoms with Crippen LogP contribution in [0.3, 0.4) is 0 Å². The summed E-state index contributed by atoms with van der Waals surface area (Å²) >= 11 is 0. The molecule has 0 radical (unpaired) electrons. The minimum atomic E-state index is -1.50. The molecule has 21 heavy (non-hydrogen) atoms. The van der Waals surface area contributed by atoms with Crippen molar-refractivity contribution in [2.45, 2.75) is 46.5 Å². The standard InChI is InChI=1S/C17H24O4/c1-5-17(15(18)19,16(20)21-6-2)11-13-7-9-14(10-8-13)12(3)4/h7-10,12H,5-6,11H2,1-4H3,(H,18,19). The molecule has 1 atom stereocenters. The highest BCUT2D eigenvalue weighted by Crippen LogP contribution is 2.30. The van der Waals surface area contributed by atoms with Crippen LogP contribution in [-0.4, -0.2) is 23.7 Å². The maximum Gasteiger partial charge on any atom is 0.323 e. The Morgan fingerprint density at radius 3 is 2.14 bits per heavy atom. The van der Waals surface area contributed by atoms with Gasteiger partial charge in [-0.2, -0.15) is 0 Å². The van der Waals surface area contributed by atoms with E-state index in [-0.39, 0.29) is 19.4 Å². The number of benzene rings is 1. The van der Waals surface area contributed by atoms with Crippen LogP contribution < -0.4 is 0 Å². The van der Waals surface area contributed by atoms with Crippen molar-refractivity contribution in [1.29, 1.82) is 0 Å². The Morgan fingerprint density at radius 1 is 1.19 bits per heavy atom. The monoisotopic (exact) mass is 292 g/mol. The Balaban J connectivity index is 3.06. The molecule has 0 spiro atoms. The summed E-state index contributed by atoms with van der Waals surface area (Å²) in [4.78, 5) is 23.8. The molecule has 4 nitrogen and oxygen atoms in total. The van der Waals surface area contributed by atoms with Gasteiger partial charge in [-0.15, -0.1) is 0 Å². The number of esters is 1. The van der Waals surface area contributed by atoms with Crippen LogP contribution in [0.4, 0.5) is 0 Å². The number of hydrogen-bond acceptors (Lipinski definition) is 3. The fraction of sp³-hybridized carbons (Fsp3) is 0.529. The average Bonchev–Trinajstić information content (AvgIpc) is 2.45. The van der Waals surface area contributed by atoms with Gasteiger partial charge in [0.25, 0.3) is 0 Å². The summed E-state index contributed by atoms with van der Waals surface area (Å²) in [5.74, 6) is -1.37. The van der Waals surface area contributed by atoms with Crippen molar-refractivity contribution in [3.05, 3.63) is 35.4 Å². The van der Waals surface area contributed by atoms with E-state index in [0.717, 1.165) is 5.56 Å². The molecule has 0 saturated carbocycles. The van der Waals surface area contributed by atoms with Gasteiger partial charge < -0.3 is 9.84 Å². The second kappa shape index (κ2) is 7.25. The number of carboxylic acids is 1. The highest BCUT2D eigenvalue weighted by molar-refractivity contribution is 5.99. The topological polar surface area (TPSA) is 63.6 Å². The third-order valence-electron chi connectivity index (χ3n) is 3.83. The Labute approximate surface area is 126 Å². The second-order valence-electron chi connectivity index (χ2n) is 5.53. The van der Waals surface area contributed by atoms with E-state index in [0.29, 0.717) is 5.92 Å². The van der Waals surface area contributed by atoms with Gasteiger partial charge in [0, 0.05) is 0 Å². The van der Waals surface area contributed by atoms with Crippen molar-refractivity contribution in [2.24, 2.45) is 5.41 Å². The number of carbonyl (C=O) groups excluding carboxylic acids is 1. The number of carboxylic acid groups (broad SMARTS) is 1. The Hall–Kier alpha value is -1.84. The van der Waals surface area contributed by atoms with Gasteiger partial charge in [-0.25, -0.2) is 0 Å². The predicted molar refractivity (Wildman–Crippen MR) is 81.2 cm³/mol. The first-order chi connectivity index (χ1) is 9.87. The largest absolute Gasteiger partial charge is 0.480 e. The highest BCUT2D eigenvalue weighted by atomic mass is 16.5. The van der Waals surface area contributed by atoms with Gasteiger partial charge in [-0.3, -0.25) is 9.59 Å². The predicted octanol–water partition coefficient (Wildman–Crippen LogP) is 3.40. The van der Waals surface area contributed by atoms with Crippen LogP contribution in [0.2, 0.25) is 0 Å². The van der Waals surface area contributed by atoms with Crippen LogP contribution in [0.25, 0.3) is 0 Å². The van der Waals surface area contributed by atoms with E-state index in [1.165, 1.54) is 5.56 Å². The lowest BCUT2D eigenvalue weighted by Gasteiger charge is -2.26. The zero-order valence-corrected chi connectivity index (χ0v) is 13.2. The minimum absolute atomic E-state index is 0.149. The van der Waals surface area contributed by atoms with Gasteiger partial charge in [-0.05, 0) is 36.8 Å². The minimum Gasteiger partial charge on any atom is -0.480 e. The lowest BCUT2D eigenvalue weighted by molar-refractivity contribution is -0.168. The molecule has 0 aliphatic carbocycles. The second-order valence-corrected chi connectivity index (χ2v) is 5.53. The van der Waals surface area contributed by atoms with Crippen LogP contribution in [0.15, 0.2) is 24.3 Å². The zero-order chi connectivity index (χ0) is 16.0. The first kappa shape index (κ1) is 17.2. The van der Waals surface area contributed by atoms with Crippen LogP contribution in [0.1, 0.15) is 51.2 Å². The maximum absolute atomic E-state index is 12.1. The number of hydrogen-bond donors (Lipinski definition) is 1. The van der Waals surface area contributed by atoms with Crippen LogP contribution in [0, 0.1) is 5.41 Å². The van der Waals surface area contributed by atoms with Crippen molar-refractivity contribution in [1.82, 2.24) is 0 Å². The summed E-state index contributed by atoms with van der Waals surface area (Å²) in [6.07, 6.45) is 0.350. The molecule has 0 saturated heterocycles. The number of carbonyl (C=O) groups is 2.